The largest absolute Gasteiger partial charge is 0.373 e. The Balaban J connectivity index is 1.25. The molecule has 0 aliphatic rings. The van der Waals surface area contributed by atoms with E-state index in [-0.39, 0.29) is 0 Å². The molecule has 0 aliphatic carbocycles. The van der Waals surface area contributed by atoms with Gasteiger partial charge in [0.25, 0.3) is 11.7 Å². The molecule has 3 aromatic heterocycles. The second-order valence-electron chi connectivity index (χ2n) is 9.62. The first-order valence-electron chi connectivity index (χ1n) is 12.9. The molecule has 0 atom stereocenters. The molecule has 0 aliphatic heterocycles. The van der Waals surface area contributed by atoms with Crippen LogP contribution in [0, 0.1) is 13.8 Å². The van der Waals surface area contributed by atoms with Crippen molar-refractivity contribution < 1.29 is 9.59 Å². The summed E-state index contributed by atoms with van der Waals surface area (Å²) in [5.41, 5.74) is 6.53. The molecule has 0 spiro atoms. The summed E-state index contributed by atoms with van der Waals surface area (Å²) < 4.78 is 1.77. The van der Waals surface area contributed by atoms with E-state index in [4.69, 9.17) is 0 Å². The molecule has 7 nitrogen and oxygen atoms in total. The standard InChI is InChI=1S/C32H31N5O2/c1-22-19-23(2)34-29(20-22)33-16-18-36(3)26-14-12-25(13-15-26)35-32(39)31(38)30-28(24-9-5-4-6-10-24)21-27-11-7-8-17-37(27)30/h4-15,17,19-21H,16,18H2,1-3H3,(H,33,34)(H,35,39). The Morgan fingerprint density at radius 3 is 2.38 bits per heavy atom. The van der Waals surface area contributed by atoms with Gasteiger partial charge < -0.3 is 19.9 Å². The Hall–Kier alpha value is -4.91. The lowest BCUT2D eigenvalue weighted by atomic mass is 10.0. The first-order valence-corrected chi connectivity index (χ1v) is 12.9. The zero-order valence-electron chi connectivity index (χ0n) is 22.3. The number of carbonyl (C=O) groups excluding carboxylic acids is 2. The Labute approximate surface area is 228 Å². The van der Waals surface area contributed by atoms with Crippen molar-refractivity contribution in [2.24, 2.45) is 0 Å². The zero-order valence-corrected chi connectivity index (χ0v) is 22.3. The fourth-order valence-corrected chi connectivity index (χ4v) is 4.70. The number of anilines is 3. The molecule has 2 aromatic carbocycles. The van der Waals surface area contributed by atoms with Crippen molar-refractivity contribution in [2.45, 2.75) is 13.8 Å². The van der Waals surface area contributed by atoms with E-state index in [2.05, 4.69) is 27.4 Å². The minimum absolute atomic E-state index is 0.344. The maximum Gasteiger partial charge on any atom is 0.298 e. The predicted molar refractivity (Wildman–Crippen MR) is 158 cm³/mol. The highest BCUT2D eigenvalue weighted by molar-refractivity contribution is 6.47. The van der Waals surface area contributed by atoms with Crippen LogP contribution < -0.4 is 15.5 Å². The lowest BCUT2D eigenvalue weighted by Crippen LogP contribution is -2.25. The van der Waals surface area contributed by atoms with Crippen LogP contribution in [-0.4, -0.2) is 41.2 Å². The first kappa shape index (κ1) is 25.7. The number of ketones is 1. The number of nitrogens with zero attached hydrogens (tertiary/aromatic N) is 3. The molecule has 5 rings (SSSR count). The molecule has 0 bridgehead atoms. The SMILES string of the molecule is Cc1cc(C)nc(NCCN(C)c2ccc(NC(=O)C(=O)c3c(-c4ccccc4)cc4ccccn34)cc2)c1. The van der Waals surface area contributed by atoms with Crippen LogP contribution in [0.3, 0.4) is 0 Å². The molecular weight excluding hydrogens is 486 g/mol. The number of carbonyl (C=O) groups is 2. The number of pyridine rings is 2. The third-order valence-electron chi connectivity index (χ3n) is 6.60. The van der Waals surface area contributed by atoms with Crippen LogP contribution in [0.2, 0.25) is 0 Å². The molecular formula is C32H31N5O2. The molecule has 0 unspecified atom stereocenters. The number of likely N-dealkylation sites (N-methyl/N-ethyl adjacent to an activating group) is 1. The molecule has 2 N–H and O–H groups in total. The highest BCUT2D eigenvalue weighted by atomic mass is 16.2. The smallest absolute Gasteiger partial charge is 0.298 e. The van der Waals surface area contributed by atoms with Crippen molar-refractivity contribution in [3.05, 3.63) is 114 Å². The molecule has 0 radical (unpaired) electrons. The summed E-state index contributed by atoms with van der Waals surface area (Å²) in [6.45, 7) is 5.54. The Kier molecular flexibility index (Phi) is 7.41. The second-order valence-corrected chi connectivity index (χ2v) is 9.62. The normalized spacial score (nSPS) is 10.8. The van der Waals surface area contributed by atoms with E-state index in [1.165, 1.54) is 5.56 Å². The van der Waals surface area contributed by atoms with E-state index in [0.717, 1.165) is 46.9 Å². The van der Waals surface area contributed by atoms with Crippen LogP contribution in [0.15, 0.2) is 97.2 Å². The molecule has 196 valence electrons. The number of amides is 1. The van der Waals surface area contributed by atoms with Crippen LogP contribution in [0.1, 0.15) is 21.7 Å². The molecule has 1 amide bonds. The number of nitrogens with one attached hydrogen (secondary N) is 2. The minimum Gasteiger partial charge on any atom is -0.373 e. The Morgan fingerprint density at radius 2 is 1.64 bits per heavy atom. The van der Waals surface area contributed by atoms with Crippen LogP contribution in [0.5, 0.6) is 0 Å². The van der Waals surface area contributed by atoms with Gasteiger partial charge in [-0.15, -0.1) is 0 Å². The second kappa shape index (κ2) is 11.2. The number of hydrogen-bond donors (Lipinski definition) is 2. The summed E-state index contributed by atoms with van der Waals surface area (Å²) in [5, 5.41) is 6.14. The van der Waals surface area contributed by atoms with Gasteiger partial charge in [0.1, 0.15) is 11.5 Å². The number of aryl methyl sites for hydroxylation is 2. The monoisotopic (exact) mass is 517 g/mol. The maximum atomic E-state index is 13.4. The van der Waals surface area contributed by atoms with Gasteiger partial charge in [0, 0.05) is 54.5 Å². The molecule has 0 saturated carbocycles. The first-order chi connectivity index (χ1) is 18.9. The number of benzene rings is 2. The van der Waals surface area contributed by atoms with E-state index < -0.39 is 11.7 Å². The zero-order chi connectivity index (χ0) is 27.4. The topological polar surface area (TPSA) is 78.7 Å². The lowest BCUT2D eigenvalue weighted by Gasteiger charge is -2.20. The van der Waals surface area contributed by atoms with E-state index in [1.807, 2.05) is 105 Å². The van der Waals surface area contributed by atoms with E-state index in [9.17, 15) is 9.59 Å². The molecule has 7 heteroatoms. The summed E-state index contributed by atoms with van der Waals surface area (Å²) in [5.74, 6) is -0.399. The quantitative estimate of drug-likeness (QED) is 0.186. The molecule has 3 heterocycles. The number of aromatic nitrogens is 2. The highest BCUT2D eigenvalue weighted by Crippen LogP contribution is 2.28. The van der Waals surface area contributed by atoms with Gasteiger partial charge in [0.15, 0.2) is 0 Å². The molecule has 0 saturated heterocycles. The third kappa shape index (κ3) is 5.83. The van der Waals surface area contributed by atoms with Gasteiger partial charge in [0.2, 0.25) is 0 Å². The lowest BCUT2D eigenvalue weighted by molar-refractivity contribution is -0.112. The Bertz CT molecular complexity index is 1600. The number of hydrogen-bond acceptors (Lipinski definition) is 5. The molecule has 39 heavy (non-hydrogen) atoms. The summed E-state index contributed by atoms with van der Waals surface area (Å²) in [4.78, 5) is 33.1. The van der Waals surface area contributed by atoms with Gasteiger partial charge in [-0.2, -0.15) is 0 Å². The van der Waals surface area contributed by atoms with Crippen molar-refractivity contribution in [1.29, 1.82) is 0 Å². The van der Waals surface area contributed by atoms with Gasteiger partial charge in [-0.3, -0.25) is 9.59 Å². The number of Topliss-reactive ketones (excluding diaryl/α,β-unsaturated/α-hetero) is 1. The third-order valence-corrected chi connectivity index (χ3v) is 6.60. The predicted octanol–water partition coefficient (Wildman–Crippen LogP) is 5.99. The number of rotatable bonds is 9. The summed E-state index contributed by atoms with van der Waals surface area (Å²) >= 11 is 0. The van der Waals surface area contributed by atoms with Crippen molar-refractivity contribution in [3.8, 4) is 11.1 Å². The average Bonchev–Trinajstić information content (AvgIpc) is 3.32. The van der Waals surface area contributed by atoms with Gasteiger partial charge >= 0.3 is 0 Å². The highest BCUT2D eigenvalue weighted by Gasteiger charge is 2.24. The summed E-state index contributed by atoms with van der Waals surface area (Å²) in [7, 11) is 2.01. The minimum atomic E-state index is -0.678. The molecule has 0 fully saturated rings. The maximum absolute atomic E-state index is 13.4. The van der Waals surface area contributed by atoms with Crippen molar-refractivity contribution in [3.63, 3.8) is 0 Å². The van der Waals surface area contributed by atoms with Crippen molar-refractivity contribution in [2.75, 3.05) is 35.7 Å². The molecule has 5 aromatic rings. The number of fused-ring (bicyclic) bond motifs is 1. The van der Waals surface area contributed by atoms with Crippen molar-refractivity contribution >= 4 is 34.4 Å². The van der Waals surface area contributed by atoms with Gasteiger partial charge in [-0.25, -0.2) is 4.98 Å². The van der Waals surface area contributed by atoms with E-state index in [1.54, 1.807) is 10.6 Å². The van der Waals surface area contributed by atoms with E-state index >= 15 is 0 Å². The van der Waals surface area contributed by atoms with Crippen LogP contribution in [-0.2, 0) is 4.79 Å². The fraction of sp³-hybridized carbons (Fsp3) is 0.156. The van der Waals surface area contributed by atoms with Crippen molar-refractivity contribution in [1.82, 2.24) is 9.38 Å². The van der Waals surface area contributed by atoms with Gasteiger partial charge in [0.05, 0.1) is 0 Å². The van der Waals surface area contributed by atoms with Gasteiger partial charge in [-0.1, -0.05) is 36.4 Å². The fourth-order valence-electron chi connectivity index (χ4n) is 4.70. The van der Waals surface area contributed by atoms with Crippen LogP contribution in [0.25, 0.3) is 16.6 Å². The van der Waals surface area contributed by atoms with Crippen LogP contribution in [0.4, 0.5) is 17.2 Å². The average molecular weight is 518 g/mol. The summed E-state index contributed by atoms with van der Waals surface area (Å²) in [6, 6.07) is 28.8. The van der Waals surface area contributed by atoms with Crippen LogP contribution >= 0.6 is 0 Å². The van der Waals surface area contributed by atoms with Gasteiger partial charge in [-0.05, 0) is 79.6 Å². The Morgan fingerprint density at radius 1 is 0.897 bits per heavy atom. The van der Waals surface area contributed by atoms with E-state index in [0.29, 0.717) is 11.4 Å². The summed E-state index contributed by atoms with van der Waals surface area (Å²) in [6.07, 6.45) is 1.80.